The van der Waals surface area contributed by atoms with Gasteiger partial charge in [0, 0.05) is 30.9 Å². The fraction of sp³-hybridized carbons (Fsp3) is 0.500. The van der Waals surface area contributed by atoms with Crippen LogP contribution in [0.5, 0.6) is 0 Å². The largest absolute Gasteiger partial charge is 0.390 e. The Hall–Kier alpha value is -2.50. The van der Waals surface area contributed by atoms with E-state index in [0.29, 0.717) is 0 Å². The standard InChI is InChI=1S/C18H17ClF6N4O2/c19-11-7-9-8-27-28-14(9)12(13(11)20)15(30)18(24,25)10-1-5-29(6-2-10)16(31)26-4-3-17(21,22)23/h7-8,10H,1-6H2,(H,26,31)(H,27,28). The van der Waals surface area contributed by atoms with Gasteiger partial charge in [-0.15, -0.1) is 0 Å². The number of benzene rings is 1. The number of amides is 2. The molecule has 1 aliphatic heterocycles. The fourth-order valence-corrected chi connectivity index (χ4v) is 3.68. The van der Waals surface area contributed by atoms with Gasteiger partial charge in [-0.25, -0.2) is 9.18 Å². The van der Waals surface area contributed by atoms with Crippen molar-refractivity contribution in [3.63, 3.8) is 0 Å². The Balaban J connectivity index is 1.68. The summed E-state index contributed by atoms with van der Waals surface area (Å²) in [6.07, 6.45) is -5.02. The third-order valence-electron chi connectivity index (χ3n) is 5.14. The second-order valence-corrected chi connectivity index (χ2v) is 7.60. The molecule has 1 aromatic carbocycles. The molecule has 0 unspecified atom stereocenters. The molecule has 2 N–H and O–H groups in total. The van der Waals surface area contributed by atoms with E-state index in [1.165, 1.54) is 6.20 Å². The Labute approximate surface area is 176 Å². The van der Waals surface area contributed by atoms with Gasteiger partial charge >= 0.3 is 18.1 Å². The molecule has 1 aromatic heterocycles. The molecule has 0 atom stereocenters. The molecule has 31 heavy (non-hydrogen) atoms. The quantitative estimate of drug-likeness (QED) is 0.497. The predicted octanol–water partition coefficient (Wildman–Crippen LogP) is 4.55. The van der Waals surface area contributed by atoms with Crippen molar-refractivity contribution in [2.45, 2.75) is 31.4 Å². The van der Waals surface area contributed by atoms with E-state index in [2.05, 4.69) is 15.5 Å². The normalized spacial score (nSPS) is 16.0. The molecule has 0 aliphatic carbocycles. The number of urea groups is 1. The van der Waals surface area contributed by atoms with Crippen LogP contribution in [-0.4, -0.2) is 58.6 Å². The second-order valence-electron chi connectivity index (χ2n) is 7.19. The zero-order valence-corrected chi connectivity index (χ0v) is 16.6. The minimum atomic E-state index is -4.43. The molecule has 170 valence electrons. The number of alkyl halides is 5. The van der Waals surface area contributed by atoms with Crippen LogP contribution in [0.15, 0.2) is 12.3 Å². The van der Waals surface area contributed by atoms with E-state index in [4.69, 9.17) is 11.6 Å². The van der Waals surface area contributed by atoms with E-state index in [1.807, 2.05) is 0 Å². The van der Waals surface area contributed by atoms with Crippen LogP contribution >= 0.6 is 11.6 Å². The summed E-state index contributed by atoms with van der Waals surface area (Å²) in [5, 5.41) is 7.71. The number of Topliss-reactive ketones (excluding diaryl/α,β-unsaturated/α-hetero) is 1. The summed E-state index contributed by atoms with van der Waals surface area (Å²) in [4.78, 5) is 25.6. The summed E-state index contributed by atoms with van der Waals surface area (Å²) in [6, 6.07) is 0.345. The molecule has 13 heteroatoms. The maximum absolute atomic E-state index is 15.0. The van der Waals surface area contributed by atoms with Crippen LogP contribution in [0.4, 0.5) is 31.1 Å². The molecule has 3 rings (SSSR count). The number of aromatic nitrogens is 2. The van der Waals surface area contributed by atoms with Crippen molar-refractivity contribution in [2.24, 2.45) is 5.92 Å². The zero-order chi connectivity index (χ0) is 23.0. The number of nitrogens with zero attached hydrogens (tertiary/aromatic N) is 2. The first kappa shape index (κ1) is 23.2. The lowest BCUT2D eigenvalue weighted by Gasteiger charge is -2.35. The molecular weight excluding hydrogens is 454 g/mol. The summed E-state index contributed by atoms with van der Waals surface area (Å²) in [5.74, 6) is -8.49. The number of aromatic amines is 1. The number of rotatable bonds is 5. The predicted molar refractivity (Wildman–Crippen MR) is 98.7 cm³/mol. The molecular formula is C18H17ClF6N4O2. The number of ketones is 1. The molecule has 1 saturated heterocycles. The Kier molecular flexibility index (Phi) is 6.40. The Morgan fingerprint density at radius 3 is 2.48 bits per heavy atom. The van der Waals surface area contributed by atoms with Crippen molar-refractivity contribution in [1.82, 2.24) is 20.4 Å². The fourth-order valence-electron chi connectivity index (χ4n) is 3.47. The number of piperidine rings is 1. The summed E-state index contributed by atoms with van der Waals surface area (Å²) in [5.41, 5.74) is -1.09. The lowest BCUT2D eigenvalue weighted by molar-refractivity contribution is -0.133. The van der Waals surface area contributed by atoms with Gasteiger partial charge in [0.1, 0.15) is 0 Å². The van der Waals surface area contributed by atoms with Crippen LogP contribution in [0.1, 0.15) is 29.6 Å². The van der Waals surface area contributed by atoms with Gasteiger partial charge in [0.25, 0.3) is 0 Å². The highest BCUT2D eigenvalue weighted by molar-refractivity contribution is 6.32. The SMILES string of the molecule is O=C(NCCC(F)(F)F)N1CCC(C(F)(F)C(=O)c2c(F)c(Cl)cc3cn[nH]c23)CC1. The van der Waals surface area contributed by atoms with Gasteiger partial charge in [-0.3, -0.25) is 9.89 Å². The molecule has 2 amide bonds. The molecule has 0 spiro atoms. The van der Waals surface area contributed by atoms with Gasteiger partial charge in [-0.2, -0.15) is 27.1 Å². The van der Waals surface area contributed by atoms with Crippen molar-refractivity contribution in [2.75, 3.05) is 19.6 Å². The molecule has 0 radical (unpaired) electrons. The van der Waals surface area contributed by atoms with E-state index < -0.39 is 59.2 Å². The molecule has 6 nitrogen and oxygen atoms in total. The van der Waals surface area contributed by atoms with Crippen LogP contribution in [0.2, 0.25) is 5.02 Å². The van der Waals surface area contributed by atoms with Gasteiger partial charge in [0.2, 0.25) is 5.78 Å². The van der Waals surface area contributed by atoms with E-state index in [9.17, 15) is 35.9 Å². The zero-order valence-electron chi connectivity index (χ0n) is 15.8. The van der Waals surface area contributed by atoms with Crippen LogP contribution in [-0.2, 0) is 0 Å². The molecule has 1 aliphatic rings. The highest BCUT2D eigenvalue weighted by atomic mass is 35.5. The number of fused-ring (bicyclic) bond motifs is 1. The van der Waals surface area contributed by atoms with E-state index in [0.717, 1.165) is 11.0 Å². The lowest BCUT2D eigenvalue weighted by Crippen LogP contribution is -2.49. The van der Waals surface area contributed by atoms with Crippen LogP contribution < -0.4 is 5.32 Å². The lowest BCUT2D eigenvalue weighted by atomic mass is 9.85. The number of carbonyl (C=O) groups is 2. The first-order chi connectivity index (χ1) is 14.4. The highest BCUT2D eigenvalue weighted by Crippen LogP contribution is 2.39. The van der Waals surface area contributed by atoms with Crippen molar-refractivity contribution >= 4 is 34.3 Å². The van der Waals surface area contributed by atoms with Crippen LogP contribution in [0.3, 0.4) is 0 Å². The first-order valence-electron chi connectivity index (χ1n) is 9.25. The van der Waals surface area contributed by atoms with Gasteiger partial charge < -0.3 is 10.2 Å². The van der Waals surface area contributed by atoms with Crippen molar-refractivity contribution in [3.8, 4) is 0 Å². The average molecular weight is 471 g/mol. The molecule has 2 heterocycles. The third kappa shape index (κ3) is 4.89. The maximum atomic E-state index is 15.0. The topological polar surface area (TPSA) is 78.1 Å². The molecule has 2 aromatic rings. The summed E-state index contributed by atoms with van der Waals surface area (Å²) in [7, 11) is 0. The van der Waals surface area contributed by atoms with E-state index in [-0.39, 0.29) is 36.8 Å². The Morgan fingerprint density at radius 2 is 1.87 bits per heavy atom. The minimum Gasteiger partial charge on any atom is -0.338 e. The van der Waals surface area contributed by atoms with Crippen LogP contribution in [0, 0.1) is 11.7 Å². The second kappa shape index (κ2) is 8.56. The minimum absolute atomic E-state index is 0.191. The first-order valence-corrected chi connectivity index (χ1v) is 9.63. The number of nitrogens with one attached hydrogen (secondary N) is 2. The smallest absolute Gasteiger partial charge is 0.338 e. The Morgan fingerprint density at radius 1 is 1.23 bits per heavy atom. The van der Waals surface area contributed by atoms with E-state index >= 15 is 0 Å². The summed E-state index contributed by atoms with van der Waals surface area (Å²) < 4.78 is 80.8. The van der Waals surface area contributed by atoms with Gasteiger partial charge in [-0.1, -0.05) is 11.6 Å². The number of H-pyrrole nitrogens is 1. The van der Waals surface area contributed by atoms with Crippen molar-refractivity contribution in [1.29, 1.82) is 0 Å². The van der Waals surface area contributed by atoms with Gasteiger partial charge in [-0.05, 0) is 18.9 Å². The Bertz CT molecular complexity index is 985. The number of hydrogen-bond donors (Lipinski definition) is 2. The van der Waals surface area contributed by atoms with Gasteiger partial charge in [0.15, 0.2) is 5.82 Å². The highest BCUT2D eigenvalue weighted by Gasteiger charge is 2.50. The van der Waals surface area contributed by atoms with Gasteiger partial charge in [0.05, 0.1) is 28.7 Å². The summed E-state index contributed by atoms with van der Waals surface area (Å²) in [6.45, 7) is -1.02. The molecule has 0 bridgehead atoms. The molecule has 0 saturated carbocycles. The molecule has 1 fully saturated rings. The number of carbonyl (C=O) groups excluding carboxylic acids is 2. The van der Waals surface area contributed by atoms with Crippen LogP contribution in [0.25, 0.3) is 10.9 Å². The summed E-state index contributed by atoms with van der Waals surface area (Å²) >= 11 is 5.72. The monoisotopic (exact) mass is 470 g/mol. The number of halogens is 7. The number of hydrogen-bond acceptors (Lipinski definition) is 3. The average Bonchev–Trinajstić information content (AvgIpc) is 3.15. The van der Waals surface area contributed by atoms with Crippen molar-refractivity contribution in [3.05, 3.63) is 28.7 Å². The third-order valence-corrected chi connectivity index (χ3v) is 5.41. The van der Waals surface area contributed by atoms with Crippen molar-refractivity contribution < 1.29 is 35.9 Å². The maximum Gasteiger partial charge on any atom is 0.390 e. The van der Waals surface area contributed by atoms with E-state index in [1.54, 1.807) is 0 Å². The number of likely N-dealkylation sites (tertiary alicyclic amines) is 1.